The van der Waals surface area contributed by atoms with Gasteiger partial charge < -0.3 is 24.8 Å². The zero-order valence-corrected chi connectivity index (χ0v) is 18.6. The summed E-state index contributed by atoms with van der Waals surface area (Å²) in [4.78, 5) is 50.9. The number of rotatable bonds is 8. The average molecular weight is 461 g/mol. The summed E-state index contributed by atoms with van der Waals surface area (Å²) >= 11 is 0.855. The lowest BCUT2D eigenvalue weighted by molar-refractivity contribution is -0.149. The van der Waals surface area contributed by atoms with Crippen LogP contribution in [0.5, 0.6) is 0 Å². The molecule has 0 spiro atoms. The van der Waals surface area contributed by atoms with E-state index in [-0.39, 0.29) is 46.5 Å². The van der Waals surface area contributed by atoms with Crippen LogP contribution in [0, 0.1) is 5.92 Å². The van der Waals surface area contributed by atoms with E-state index in [4.69, 9.17) is 19.9 Å². The average Bonchev–Trinajstić information content (AvgIpc) is 3.34. The van der Waals surface area contributed by atoms with Gasteiger partial charge >= 0.3 is 17.9 Å². The van der Waals surface area contributed by atoms with Gasteiger partial charge in [0.1, 0.15) is 22.0 Å². The van der Waals surface area contributed by atoms with Crippen molar-refractivity contribution in [1.29, 1.82) is 0 Å². The quantitative estimate of drug-likeness (QED) is 0.469. The van der Waals surface area contributed by atoms with Crippen molar-refractivity contribution in [2.75, 3.05) is 33.0 Å². The van der Waals surface area contributed by atoms with E-state index in [0.29, 0.717) is 13.0 Å². The van der Waals surface area contributed by atoms with Crippen LogP contribution in [-0.4, -0.2) is 56.0 Å². The first-order valence-electron chi connectivity index (χ1n) is 9.91. The number of hydrogen-bond donors (Lipinski definition) is 1. The molecule has 3 rings (SSSR count). The number of amides is 1. The fourth-order valence-electron chi connectivity index (χ4n) is 3.52. The number of likely N-dealkylation sites (tertiary alicyclic amines) is 1. The summed E-state index contributed by atoms with van der Waals surface area (Å²) in [6.07, 6.45) is 0.737. The van der Waals surface area contributed by atoms with Gasteiger partial charge in [0.2, 0.25) is 5.91 Å². The van der Waals surface area contributed by atoms with Crippen LogP contribution >= 0.6 is 11.3 Å². The molecule has 0 saturated carbocycles. The molecule has 170 valence electrons. The van der Waals surface area contributed by atoms with Crippen molar-refractivity contribution in [2.24, 2.45) is 5.92 Å². The fourth-order valence-corrected chi connectivity index (χ4v) is 4.50. The lowest BCUT2D eigenvalue weighted by Gasteiger charge is -2.16. The Bertz CT molecular complexity index is 1020. The summed E-state index contributed by atoms with van der Waals surface area (Å²) in [7, 11) is 2.38. The third-order valence-corrected chi connectivity index (χ3v) is 6.26. The van der Waals surface area contributed by atoms with Crippen molar-refractivity contribution in [2.45, 2.75) is 19.4 Å². The molecule has 1 atom stereocenters. The summed E-state index contributed by atoms with van der Waals surface area (Å²) in [5.41, 5.74) is 7.08. The van der Waals surface area contributed by atoms with Crippen LogP contribution in [0.3, 0.4) is 0 Å². The molecule has 0 radical (unpaired) electrons. The Morgan fingerprint density at radius 3 is 2.47 bits per heavy atom. The van der Waals surface area contributed by atoms with Crippen LogP contribution < -0.4 is 5.73 Å². The second-order valence-corrected chi connectivity index (χ2v) is 8.27. The molecule has 32 heavy (non-hydrogen) atoms. The number of esters is 3. The number of thiophene rings is 1. The van der Waals surface area contributed by atoms with Gasteiger partial charge in [0.25, 0.3) is 0 Å². The number of hydrogen-bond acceptors (Lipinski definition) is 9. The van der Waals surface area contributed by atoms with Gasteiger partial charge in [0, 0.05) is 25.1 Å². The number of carbonyl (C=O) groups excluding carboxylic acids is 4. The van der Waals surface area contributed by atoms with E-state index < -0.39 is 23.8 Å². The second-order valence-electron chi connectivity index (χ2n) is 7.22. The van der Waals surface area contributed by atoms with E-state index >= 15 is 0 Å². The van der Waals surface area contributed by atoms with Gasteiger partial charge in [0.15, 0.2) is 0 Å². The topological polar surface area (TPSA) is 125 Å². The minimum Gasteiger partial charge on any atom is -0.465 e. The highest BCUT2D eigenvalue weighted by molar-refractivity contribution is 7.18. The first-order chi connectivity index (χ1) is 15.3. The molecule has 0 bridgehead atoms. The van der Waals surface area contributed by atoms with E-state index in [0.717, 1.165) is 16.9 Å². The summed E-state index contributed by atoms with van der Waals surface area (Å²) in [5, 5.41) is 0.0615. The number of nitrogens with zero attached hydrogens (tertiary/aromatic N) is 1. The van der Waals surface area contributed by atoms with Crippen molar-refractivity contribution in [3.05, 3.63) is 51.9 Å². The number of nitrogens with two attached hydrogens (primary N) is 1. The molecule has 1 saturated heterocycles. The first kappa shape index (κ1) is 23.3. The Balaban J connectivity index is 1.65. The largest absolute Gasteiger partial charge is 0.465 e. The lowest BCUT2D eigenvalue weighted by atomic mass is 10.1. The van der Waals surface area contributed by atoms with E-state index in [1.165, 1.54) is 14.2 Å². The van der Waals surface area contributed by atoms with Crippen molar-refractivity contribution < 1.29 is 33.4 Å². The third-order valence-electron chi connectivity index (χ3n) is 5.21. The number of anilines is 1. The molecule has 1 fully saturated rings. The third kappa shape index (κ3) is 5.08. The molecule has 10 heteroatoms. The van der Waals surface area contributed by atoms with Crippen molar-refractivity contribution in [1.82, 2.24) is 4.90 Å². The maximum absolute atomic E-state index is 12.6. The Hall–Kier alpha value is -3.40. The van der Waals surface area contributed by atoms with E-state index in [9.17, 15) is 19.2 Å². The number of nitrogen functional groups attached to an aromatic ring is 1. The Labute approximate surface area is 189 Å². The highest BCUT2D eigenvalue weighted by Gasteiger charge is 2.36. The van der Waals surface area contributed by atoms with E-state index in [1.807, 2.05) is 30.3 Å². The van der Waals surface area contributed by atoms with E-state index in [2.05, 4.69) is 0 Å². The summed E-state index contributed by atoms with van der Waals surface area (Å²) < 4.78 is 14.8. The molecule has 1 aromatic carbocycles. The zero-order valence-electron chi connectivity index (χ0n) is 17.8. The van der Waals surface area contributed by atoms with Gasteiger partial charge in [-0.25, -0.2) is 9.59 Å². The molecule has 9 nitrogen and oxygen atoms in total. The molecule has 1 aliphatic rings. The molecule has 2 N–H and O–H groups in total. The number of carbonyl (C=O) groups is 4. The summed E-state index contributed by atoms with van der Waals surface area (Å²) in [5.74, 6) is -2.78. The SMILES string of the molecule is COC(=O)c1sc(N)c(C(=O)OC)c1COC(=O)C1CC(=O)N(CCc2ccccc2)C1. The molecule has 2 heterocycles. The van der Waals surface area contributed by atoms with Gasteiger partial charge in [-0.15, -0.1) is 11.3 Å². The molecule has 0 aliphatic carbocycles. The highest BCUT2D eigenvalue weighted by atomic mass is 32.1. The van der Waals surface area contributed by atoms with Crippen LogP contribution in [0.2, 0.25) is 0 Å². The predicted octanol–water partition coefficient (Wildman–Crippen LogP) is 2.04. The van der Waals surface area contributed by atoms with E-state index in [1.54, 1.807) is 4.90 Å². The number of methoxy groups -OCH3 is 2. The summed E-state index contributed by atoms with van der Waals surface area (Å²) in [6.45, 7) is 0.396. The molecule has 2 aromatic rings. The van der Waals surface area contributed by atoms with Crippen LogP contribution in [0.1, 0.15) is 37.6 Å². The Kier molecular flexibility index (Phi) is 7.47. The van der Waals surface area contributed by atoms with Gasteiger partial charge in [-0.1, -0.05) is 30.3 Å². The predicted molar refractivity (Wildman–Crippen MR) is 116 cm³/mol. The fraction of sp³-hybridized carbons (Fsp3) is 0.364. The van der Waals surface area contributed by atoms with Gasteiger partial charge in [-0.2, -0.15) is 0 Å². The monoisotopic (exact) mass is 460 g/mol. The smallest absolute Gasteiger partial charge is 0.348 e. The molecule has 1 unspecified atom stereocenters. The number of ether oxygens (including phenoxy) is 3. The molecule has 1 aliphatic heterocycles. The zero-order chi connectivity index (χ0) is 23.3. The highest BCUT2D eigenvalue weighted by Crippen LogP contribution is 2.33. The second kappa shape index (κ2) is 10.3. The van der Waals surface area contributed by atoms with Crippen molar-refractivity contribution >= 4 is 40.2 Å². The minimum atomic E-state index is -0.747. The van der Waals surface area contributed by atoms with Gasteiger partial charge in [0.05, 0.1) is 20.1 Å². The molecular formula is C22H24N2O7S. The molecule has 1 amide bonds. The van der Waals surface area contributed by atoms with Crippen molar-refractivity contribution in [3.63, 3.8) is 0 Å². The maximum atomic E-state index is 12.6. The lowest BCUT2D eigenvalue weighted by Crippen LogP contribution is -2.29. The Morgan fingerprint density at radius 1 is 1.12 bits per heavy atom. The maximum Gasteiger partial charge on any atom is 0.348 e. The van der Waals surface area contributed by atoms with Crippen LogP contribution in [0.25, 0.3) is 0 Å². The van der Waals surface area contributed by atoms with Gasteiger partial charge in [-0.3, -0.25) is 9.59 Å². The minimum absolute atomic E-state index is 0.0299. The number of benzene rings is 1. The van der Waals surface area contributed by atoms with Gasteiger partial charge in [-0.05, 0) is 12.0 Å². The molecule has 1 aromatic heterocycles. The first-order valence-corrected chi connectivity index (χ1v) is 10.7. The molecular weight excluding hydrogens is 436 g/mol. The van der Waals surface area contributed by atoms with Crippen LogP contribution in [0.4, 0.5) is 5.00 Å². The standard InChI is InChI=1S/C22H24N2O7S/c1-29-21(27)17-15(18(22(28)30-2)32-19(17)23)12-31-20(26)14-10-16(25)24(11-14)9-8-13-6-4-3-5-7-13/h3-7,14H,8-12,23H2,1-2H3. The summed E-state index contributed by atoms with van der Waals surface area (Å²) in [6, 6.07) is 9.76. The van der Waals surface area contributed by atoms with Crippen LogP contribution in [-0.2, 0) is 36.8 Å². The van der Waals surface area contributed by atoms with Crippen LogP contribution in [0.15, 0.2) is 30.3 Å². The normalized spacial score (nSPS) is 15.5. The van der Waals surface area contributed by atoms with Crippen molar-refractivity contribution in [3.8, 4) is 0 Å². The Morgan fingerprint density at radius 2 is 1.81 bits per heavy atom.